The van der Waals surface area contributed by atoms with Crippen LogP contribution < -0.4 is 10.5 Å². The molecule has 19 heavy (non-hydrogen) atoms. The average Bonchev–Trinajstić information content (AvgIpc) is 2.41. The summed E-state index contributed by atoms with van der Waals surface area (Å²) >= 11 is 0. The van der Waals surface area contributed by atoms with Gasteiger partial charge in [0.25, 0.3) is 0 Å². The third-order valence-electron chi connectivity index (χ3n) is 2.50. The Morgan fingerprint density at radius 2 is 1.89 bits per heavy atom. The van der Waals surface area contributed by atoms with Gasteiger partial charge in [-0.3, -0.25) is 0 Å². The Hall–Kier alpha value is -2.87. The summed E-state index contributed by atoms with van der Waals surface area (Å²) in [6, 6.07) is 12.7. The third-order valence-corrected chi connectivity index (χ3v) is 2.50. The number of primary amides is 1. The summed E-state index contributed by atoms with van der Waals surface area (Å²) in [4.78, 5) is 10.9. The highest BCUT2D eigenvalue weighted by Gasteiger charge is 2.17. The zero-order chi connectivity index (χ0) is 13.8. The molecule has 0 unspecified atom stereocenters. The number of ether oxygens (including phenoxy) is 1. The number of carbonyl (C=O) groups excluding carboxylic acids is 1. The molecule has 4 nitrogen and oxygen atoms in total. The van der Waals surface area contributed by atoms with Crippen LogP contribution in [-0.4, -0.2) is 6.09 Å². The number of hydrogen-bond acceptors (Lipinski definition) is 3. The Balaban J connectivity index is 2.71. The van der Waals surface area contributed by atoms with E-state index in [2.05, 4.69) is 0 Å². The normalized spacial score (nSPS) is 9.68. The molecule has 0 fully saturated rings. The Bertz CT molecular complexity index is 663. The first-order chi connectivity index (χ1) is 9.13. The minimum atomic E-state index is -1.02. The van der Waals surface area contributed by atoms with Crippen molar-refractivity contribution in [1.29, 1.82) is 5.26 Å². The first-order valence-corrected chi connectivity index (χ1v) is 5.39. The predicted octanol–water partition coefficient (Wildman–Crippen LogP) is 2.82. The van der Waals surface area contributed by atoms with E-state index in [0.29, 0.717) is 5.56 Å². The molecule has 0 saturated carbocycles. The molecule has 2 N–H and O–H groups in total. The summed E-state index contributed by atoms with van der Waals surface area (Å²) in [6.45, 7) is 0. The van der Waals surface area contributed by atoms with E-state index in [-0.39, 0.29) is 16.9 Å². The second-order valence-corrected chi connectivity index (χ2v) is 3.69. The quantitative estimate of drug-likeness (QED) is 0.897. The van der Waals surface area contributed by atoms with Crippen molar-refractivity contribution >= 4 is 6.09 Å². The van der Waals surface area contributed by atoms with Crippen LogP contribution in [0.15, 0.2) is 42.5 Å². The second kappa shape index (κ2) is 5.19. The summed E-state index contributed by atoms with van der Waals surface area (Å²) in [7, 11) is 0. The highest BCUT2D eigenvalue weighted by atomic mass is 19.1. The average molecular weight is 256 g/mol. The van der Waals surface area contributed by atoms with Gasteiger partial charge >= 0.3 is 6.09 Å². The van der Waals surface area contributed by atoms with Crippen LogP contribution in [-0.2, 0) is 0 Å². The van der Waals surface area contributed by atoms with Gasteiger partial charge in [0.2, 0.25) is 0 Å². The summed E-state index contributed by atoms with van der Waals surface area (Å²) < 4.78 is 18.5. The molecule has 0 aliphatic rings. The minimum absolute atomic E-state index is 0.0525. The van der Waals surface area contributed by atoms with Gasteiger partial charge in [-0.15, -0.1) is 0 Å². The van der Waals surface area contributed by atoms with Gasteiger partial charge in [0.1, 0.15) is 17.6 Å². The molecular formula is C14H9FN2O2. The maximum absolute atomic E-state index is 13.7. The zero-order valence-electron chi connectivity index (χ0n) is 9.76. The van der Waals surface area contributed by atoms with Crippen LogP contribution in [0.5, 0.6) is 5.75 Å². The van der Waals surface area contributed by atoms with E-state index in [4.69, 9.17) is 15.7 Å². The van der Waals surface area contributed by atoms with Crippen LogP contribution in [0.4, 0.5) is 9.18 Å². The molecule has 0 spiro atoms. The number of amides is 1. The molecule has 5 heteroatoms. The van der Waals surface area contributed by atoms with E-state index in [1.54, 1.807) is 36.4 Å². The molecular weight excluding hydrogens is 247 g/mol. The van der Waals surface area contributed by atoms with Crippen LogP contribution >= 0.6 is 0 Å². The number of nitrogens with two attached hydrogens (primary N) is 1. The molecule has 0 atom stereocenters. The standard InChI is InChI=1S/C14H9FN2O2/c15-11-6-7-12(19-14(17)18)13(10(11)8-16)9-4-2-1-3-5-9/h1-7H,(H2,17,18). The van der Waals surface area contributed by atoms with E-state index in [1.165, 1.54) is 6.07 Å². The molecule has 0 bridgehead atoms. The largest absolute Gasteiger partial charge is 0.410 e. The predicted molar refractivity (Wildman–Crippen MR) is 66.8 cm³/mol. The van der Waals surface area contributed by atoms with Crippen LogP contribution in [0.2, 0.25) is 0 Å². The lowest BCUT2D eigenvalue weighted by molar-refractivity contribution is 0.211. The summed E-state index contributed by atoms with van der Waals surface area (Å²) in [6.07, 6.45) is -1.02. The van der Waals surface area contributed by atoms with Gasteiger partial charge in [0.05, 0.1) is 5.56 Å². The lowest BCUT2D eigenvalue weighted by Crippen LogP contribution is -2.17. The maximum atomic E-state index is 13.7. The van der Waals surface area contributed by atoms with Crippen LogP contribution in [0.25, 0.3) is 11.1 Å². The van der Waals surface area contributed by atoms with Gasteiger partial charge in [0, 0.05) is 5.56 Å². The van der Waals surface area contributed by atoms with Crippen molar-refractivity contribution in [2.45, 2.75) is 0 Å². The van der Waals surface area contributed by atoms with Crippen molar-refractivity contribution in [3.05, 3.63) is 53.8 Å². The van der Waals surface area contributed by atoms with Crippen molar-refractivity contribution in [3.8, 4) is 22.9 Å². The highest BCUT2D eigenvalue weighted by Crippen LogP contribution is 2.34. The minimum Gasteiger partial charge on any atom is -0.410 e. The van der Waals surface area contributed by atoms with Crippen molar-refractivity contribution < 1.29 is 13.9 Å². The van der Waals surface area contributed by atoms with E-state index >= 15 is 0 Å². The van der Waals surface area contributed by atoms with Crippen LogP contribution in [0.1, 0.15) is 5.56 Å². The van der Waals surface area contributed by atoms with Gasteiger partial charge in [-0.2, -0.15) is 5.26 Å². The highest BCUT2D eigenvalue weighted by molar-refractivity contribution is 5.80. The maximum Gasteiger partial charge on any atom is 0.409 e. The molecule has 0 aromatic heterocycles. The smallest absolute Gasteiger partial charge is 0.409 e. The first-order valence-electron chi connectivity index (χ1n) is 5.39. The number of hydrogen-bond donors (Lipinski definition) is 1. The Morgan fingerprint density at radius 3 is 2.47 bits per heavy atom. The monoisotopic (exact) mass is 256 g/mol. The second-order valence-electron chi connectivity index (χ2n) is 3.69. The van der Waals surface area contributed by atoms with Crippen molar-refractivity contribution in [2.24, 2.45) is 5.73 Å². The molecule has 2 aromatic carbocycles. The van der Waals surface area contributed by atoms with E-state index in [0.717, 1.165) is 6.07 Å². The number of benzene rings is 2. The van der Waals surface area contributed by atoms with Crippen LogP contribution in [0, 0.1) is 17.1 Å². The summed E-state index contributed by atoms with van der Waals surface area (Å²) in [5.74, 6) is -0.630. The van der Waals surface area contributed by atoms with Gasteiger partial charge in [-0.25, -0.2) is 9.18 Å². The Labute approximate surface area is 108 Å². The molecule has 1 amide bonds. The molecule has 0 aliphatic carbocycles. The fraction of sp³-hybridized carbons (Fsp3) is 0. The summed E-state index contributed by atoms with van der Waals surface area (Å²) in [5.41, 5.74) is 5.55. The van der Waals surface area contributed by atoms with Gasteiger partial charge in [0.15, 0.2) is 0 Å². The number of rotatable bonds is 2. The zero-order valence-corrected chi connectivity index (χ0v) is 9.76. The van der Waals surface area contributed by atoms with Crippen molar-refractivity contribution in [1.82, 2.24) is 0 Å². The van der Waals surface area contributed by atoms with Gasteiger partial charge in [-0.05, 0) is 17.7 Å². The van der Waals surface area contributed by atoms with Gasteiger partial charge < -0.3 is 10.5 Å². The van der Waals surface area contributed by atoms with Gasteiger partial charge in [-0.1, -0.05) is 30.3 Å². The third kappa shape index (κ3) is 2.53. The fourth-order valence-electron chi connectivity index (χ4n) is 1.75. The molecule has 2 rings (SSSR count). The molecule has 2 aromatic rings. The molecule has 94 valence electrons. The number of halogens is 1. The lowest BCUT2D eigenvalue weighted by atomic mass is 9.99. The molecule has 0 saturated heterocycles. The first kappa shape index (κ1) is 12.6. The molecule has 0 heterocycles. The van der Waals surface area contributed by atoms with Crippen molar-refractivity contribution in [2.75, 3.05) is 0 Å². The van der Waals surface area contributed by atoms with E-state index in [9.17, 15) is 9.18 Å². The number of nitrogens with zero attached hydrogens (tertiary/aromatic N) is 1. The van der Waals surface area contributed by atoms with E-state index in [1.807, 2.05) is 0 Å². The van der Waals surface area contributed by atoms with E-state index < -0.39 is 11.9 Å². The lowest BCUT2D eigenvalue weighted by Gasteiger charge is -2.11. The topological polar surface area (TPSA) is 76.1 Å². The SMILES string of the molecule is N#Cc1c(F)ccc(OC(N)=O)c1-c1ccccc1. The molecule has 0 aliphatic heterocycles. The number of nitriles is 1. The Kier molecular flexibility index (Phi) is 3.44. The Morgan fingerprint density at radius 1 is 1.21 bits per heavy atom. The van der Waals surface area contributed by atoms with Crippen LogP contribution in [0.3, 0.4) is 0 Å². The van der Waals surface area contributed by atoms with Crippen molar-refractivity contribution in [3.63, 3.8) is 0 Å². The number of carbonyl (C=O) groups is 1. The summed E-state index contributed by atoms with van der Waals surface area (Å²) in [5, 5.41) is 9.06. The molecule has 0 radical (unpaired) electrons. The fourth-order valence-corrected chi connectivity index (χ4v) is 1.75.